The molecule has 5 nitrogen and oxygen atoms in total. The van der Waals surface area contributed by atoms with Crippen molar-refractivity contribution in [2.45, 2.75) is 26.7 Å². The number of hydroxylamine groups is 1. The molecular weight excluding hydrogens is 216 g/mol. The van der Waals surface area contributed by atoms with Gasteiger partial charge in [0.1, 0.15) is 6.67 Å². The van der Waals surface area contributed by atoms with Gasteiger partial charge in [0.05, 0.1) is 18.5 Å². The zero-order valence-electron chi connectivity index (χ0n) is 10.7. The predicted octanol–water partition coefficient (Wildman–Crippen LogP) is 1.06. The van der Waals surface area contributed by atoms with Crippen LogP contribution in [0.3, 0.4) is 0 Å². The van der Waals surface area contributed by atoms with Crippen LogP contribution in [0.1, 0.15) is 26.7 Å². The second-order valence-electron chi connectivity index (χ2n) is 4.71. The first-order chi connectivity index (χ1) is 8.31. The Morgan fingerprint density at radius 3 is 3.29 bits per heavy atom. The Kier molecular flexibility index (Phi) is 4.25. The highest BCUT2D eigenvalue weighted by atomic mass is 16.6. The molecule has 2 N–H and O–H groups in total. The topological polar surface area (TPSA) is 48.9 Å². The van der Waals surface area contributed by atoms with Crippen LogP contribution >= 0.6 is 0 Å². The molecule has 0 spiro atoms. The Labute approximate surface area is 103 Å². The molecule has 0 aromatic carbocycles. The monoisotopic (exact) mass is 238 g/mol. The Balaban J connectivity index is 2.02. The molecule has 2 rings (SSSR count). The van der Waals surface area contributed by atoms with Gasteiger partial charge in [-0.25, -0.2) is 5.48 Å². The normalized spacial score (nSPS) is 21.4. The number of rotatable bonds is 4. The average Bonchev–Trinajstić information content (AvgIpc) is 2.55. The van der Waals surface area contributed by atoms with E-state index in [1.165, 1.54) is 12.8 Å². The zero-order valence-corrected chi connectivity index (χ0v) is 10.7. The van der Waals surface area contributed by atoms with Crippen LogP contribution in [0.5, 0.6) is 0 Å². The number of nitrogens with one attached hydrogen (secondary N) is 2. The van der Waals surface area contributed by atoms with E-state index in [0.29, 0.717) is 19.2 Å². The molecule has 2 aliphatic rings. The molecule has 17 heavy (non-hydrogen) atoms. The molecule has 2 aliphatic heterocycles. The molecule has 0 aromatic rings. The van der Waals surface area contributed by atoms with Crippen LogP contribution in [0, 0.1) is 5.92 Å². The zero-order chi connectivity index (χ0) is 12.1. The van der Waals surface area contributed by atoms with Gasteiger partial charge in [0.15, 0.2) is 5.82 Å². The van der Waals surface area contributed by atoms with Gasteiger partial charge in [-0.3, -0.25) is 9.83 Å². The Bertz CT molecular complexity index is 314. The molecular formula is C12H22N4O. The molecule has 0 saturated carbocycles. The molecule has 0 saturated heterocycles. The van der Waals surface area contributed by atoms with Crippen LogP contribution < -0.4 is 10.8 Å². The van der Waals surface area contributed by atoms with Gasteiger partial charge in [0.25, 0.3) is 0 Å². The van der Waals surface area contributed by atoms with E-state index in [1.807, 2.05) is 6.21 Å². The molecule has 0 aromatic heterocycles. The minimum Gasteiger partial charge on any atom is -0.378 e. The fraction of sp³-hybridized carbons (Fsp3) is 0.750. The summed E-state index contributed by atoms with van der Waals surface area (Å²) in [7, 11) is 0. The van der Waals surface area contributed by atoms with Crippen LogP contribution in [0.4, 0.5) is 0 Å². The first-order valence-corrected chi connectivity index (χ1v) is 6.42. The van der Waals surface area contributed by atoms with Gasteiger partial charge < -0.3 is 10.2 Å². The SMILES string of the molecule is CCCC(C)CN1CN=CC2=C1NOCCN2. The quantitative estimate of drug-likeness (QED) is 0.769. The number of aliphatic imine (C=N–C) groups is 1. The van der Waals surface area contributed by atoms with Gasteiger partial charge in [0.2, 0.25) is 0 Å². The van der Waals surface area contributed by atoms with Crippen molar-refractivity contribution in [3.63, 3.8) is 0 Å². The van der Waals surface area contributed by atoms with Crippen LogP contribution in [-0.2, 0) is 4.84 Å². The standard InChI is InChI=1S/C12H22N4O/c1-3-4-10(2)8-16-9-13-7-11-12(16)15-17-6-5-14-11/h7,10,14-15H,3-6,8-9H2,1-2H3. The van der Waals surface area contributed by atoms with E-state index in [-0.39, 0.29) is 0 Å². The maximum atomic E-state index is 5.36. The molecule has 1 atom stereocenters. The van der Waals surface area contributed by atoms with E-state index in [1.54, 1.807) is 0 Å². The third-order valence-electron chi connectivity index (χ3n) is 3.05. The van der Waals surface area contributed by atoms with Gasteiger partial charge in [-0.05, 0) is 12.3 Å². The lowest BCUT2D eigenvalue weighted by molar-refractivity contribution is 0.0477. The molecule has 0 amide bonds. The van der Waals surface area contributed by atoms with Crippen LogP contribution in [0.25, 0.3) is 0 Å². The van der Waals surface area contributed by atoms with Crippen molar-refractivity contribution in [3.05, 3.63) is 11.5 Å². The average molecular weight is 238 g/mol. The first kappa shape index (κ1) is 12.2. The van der Waals surface area contributed by atoms with Crippen LogP contribution in [-0.4, -0.2) is 37.5 Å². The summed E-state index contributed by atoms with van der Waals surface area (Å²) in [6.07, 6.45) is 4.36. The van der Waals surface area contributed by atoms with E-state index in [4.69, 9.17) is 4.84 Å². The summed E-state index contributed by atoms with van der Waals surface area (Å²) in [5.41, 5.74) is 4.07. The molecule has 0 aliphatic carbocycles. The number of hydrogen-bond donors (Lipinski definition) is 2. The summed E-state index contributed by atoms with van der Waals surface area (Å²) in [5.74, 6) is 1.70. The van der Waals surface area contributed by atoms with Crippen molar-refractivity contribution in [1.29, 1.82) is 0 Å². The van der Waals surface area contributed by atoms with Gasteiger partial charge >= 0.3 is 0 Å². The summed E-state index contributed by atoms with van der Waals surface area (Å²) in [6.45, 7) is 7.72. The van der Waals surface area contributed by atoms with Gasteiger partial charge in [0, 0.05) is 13.1 Å². The number of nitrogens with zero attached hydrogens (tertiary/aromatic N) is 2. The fourth-order valence-corrected chi connectivity index (χ4v) is 2.25. The Hall–Kier alpha value is -1.23. The lowest BCUT2D eigenvalue weighted by Crippen LogP contribution is -2.39. The first-order valence-electron chi connectivity index (χ1n) is 6.42. The van der Waals surface area contributed by atoms with Crippen molar-refractivity contribution < 1.29 is 4.84 Å². The third-order valence-corrected chi connectivity index (χ3v) is 3.05. The van der Waals surface area contributed by atoms with Gasteiger partial charge in [-0.1, -0.05) is 20.3 Å². The van der Waals surface area contributed by atoms with Crippen molar-refractivity contribution in [1.82, 2.24) is 15.7 Å². The highest BCUT2D eigenvalue weighted by Crippen LogP contribution is 2.16. The number of hydrogen-bond acceptors (Lipinski definition) is 5. The minimum absolute atomic E-state index is 0.666. The predicted molar refractivity (Wildman–Crippen MR) is 68.3 cm³/mol. The van der Waals surface area contributed by atoms with Crippen LogP contribution in [0.15, 0.2) is 16.5 Å². The molecule has 0 fully saturated rings. The Morgan fingerprint density at radius 1 is 1.59 bits per heavy atom. The second kappa shape index (κ2) is 5.91. The Morgan fingerprint density at radius 2 is 2.47 bits per heavy atom. The van der Waals surface area contributed by atoms with E-state index in [2.05, 4.69) is 34.5 Å². The van der Waals surface area contributed by atoms with Crippen LogP contribution in [0.2, 0.25) is 0 Å². The summed E-state index contributed by atoms with van der Waals surface area (Å²) >= 11 is 0. The van der Waals surface area contributed by atoms with Crippen molar-refractivity contribution in [2.75, 3.05) is 26.4 Å². The molecule has 96 valence electrons. The van der Waals surface area contributed by atoms with Crippen molar-refractivity contribution >= 4 is 6.21 Å². The molecule has 0 radical (unpaired) electrons. The smallest absolute Gasteiger partial charge is 0.152 e. The summed E-state index contributed by atoms with van der Waals surface area (Å²) < 4.78 is 0. The van der Waals surface area contributed by atoms with Crippen molar-refractivity contribution in [3.8, 4) is 0 Å². The maximum Gasteiger partial charge on any atom is 0.152 e. The van der Waals surface area contributed by atoms with Gasteiger partial charge in [-0.15, -0.1) is 0 Å². The van der Waals surface area contributed by atoms with E-state index < -0.39 is 0 Å². The largest absolute Gasteiger partial charge is 0.378 e. The molecule has 1 unspecified atom stereocenters. The third kappa shape index (κ3) is 3.12. The lowest BCUT2D eigenvalue weighted by atomic mass is 10.1. The molecule has 2 heterocycles. The molecule has 0 bridgehead atoms. The summed E-state index contributed by atoms with van der Waals surface area (Å²) in [4.78, 5) is 12.0. The fourth-order valence-electron chi connectivity index (χ4n) is 2.25. The van der Waals surface area contributed by atoms with E-state index in [0.717, 1.165) is 24.6 Å². The summed E-state index contributed by atoms with van der Waals surface area (Å²) in [6, 6.07) is 0. The van der Waals surface area contributed by atoms with Crippen molar-refractivity contribution in [2.24, 2.45) is 10.9 Å². The lowest BCUT2D eigenvalue weighted by Gasteiger charge is -2.31. The maximum absolute atomic E-state index is 5.36. The minimum atomic E-state index is 0.666. The van der Waals surface area contributed by atoms with Gasteiger partial charge in [-0.2, -0.15) is 0 Å². The molecule has 5 heteroatoms. The van der Waals surface area contributed by atoms with E-state index in [9.17, 15) is 0 Å². The number of allylic oxidation sites excluding steroid dienone is 1. The second-order valence-corrected chi connectivity index (χ2v) is 4.71. The van der Waals surface area contributed by atoms with E-state index >= 15 is 0 Å². The summed E-state index contributed by atoms with van der Waals surface area (Å²) in [5, 5.41) is 3.32. The highest BCUT2D eigenvalue weighted by molar-refractivity contribution is 5.79. The highest BCUT2D eigenvalue weighted by Gasteiger charge is 2.20.